The molecule has 0 heterocycles. The van der Waals surface area contributed by atoms with Crippen molar-refractivity contribution in [1.29, 1.82) is 0 Å². The molecule has 0 bridgehead atoms. The summed E-state index contributed by atoms with van der Waals surface area (Å²) in [4.78, 5) is 12.1. The van der Waals surface area contributed by atoms with Gasteiger partial charge in [-0.05, 0) is 37.3 Å². The molecule has 4 nitrogen and oxygen atoms in total. The van der Waals surface area contributed by atoms with E-state index in [1.165, 1.54) is 0 Å². The quantitative estimate of drug-likeness (QED) is 0.891. The molecule has 0 fully saturated rings. The van der Waals surface area contributed by atoms with E-state index in [1.54, 1.807) is 26.2 Å². The highest BCUT2D eigenvalue weighted by molar-refractivity contribution is 9.10. The van der Waals surface area contributed by atoms with Crippen LogP contribution in [0.4, 0.5) is 5.69 Å². The molecule has 0 aliphatic heterocycles. The second-order valence-corrected chi connectivity index (χ2v) is 5.35. The zero-order chi connectivity index (χ0) is 15.2. The number of hydrogen-bond acceptors (Lipinski definition) is 3. The first-order valence-electron chi connectivity index (χ1n) is 6.45. The fourth-order valence-corrected chi connectivity index (χ4v) is 2.14. The summed E-state index contributed by atoms with van der Waals surface area (Å²) < 4.78 is 11.6. The molecular weight excluding hydrogens is 334 g/mol. The molecule has 21 heavy (non-hydrogen) atoms. The van der Waals surface area contributed by atoms with Crippen molar-refractivity contribution in [2.45, 2.75) is 13.0 Å². The van der Waals surface area contributed by atoms with Crippen LogP contribution in [0.25, 0.3) is 0 Å². The summed E-state index contributed by atoms with van der Waals surface area (Å²) in [6.45, 7) is 1.70. The van der Waals surface area contributed by atoms with Crippen LogP contribution in [0.1, 0.15) is 6.92 Å². The predicted molar refractivity (Wildman–Crippen MR) is 85.9 cm³/mol. The van der Waals surface area contributed by atoms with E-state index in [1.807, 2.05) is 36.4 Å². The van der Waals surface area contributed by atoms with Crippen LogP contribution in [0.15, 0.2) is 53.0 Å². The zero-order valence-corrected chi connectivity index (χ0v) is 13.4. The van der Waals surface area contributed by atoms with E-state index >= 15 is 0 Å². The summed E-state index contributed by atoms with van der Waals surface area (Å²) in [5.74, 6) is 1.06. The molecule has 110 valence electrons. The van der Waals surface area contributed by atoms with Crippen LogP contribution < -0.4 is 14.8 Å². The molecule has 0 spiro atoms. The molecule has 1 N–H and O–H groups in total. The number of ether oxygens (including phenoxy) is 2. The Morgan fingerprint density at radius 1 is 1.14 bits per heavy atom. The van der Waals surface area contributed by atoms with Crippen molar-refractivity contribution in [2.75, 3.05) is 12.4 Å². The maximum Gasteiger partial charge on any atom is 0.265 e. The van der Waals surface area contributed by atoms with E-state index < -0.39 is 6.10 Å². The number of amides is 1. The number of carbonyl (C=O) groups excluding carboxylic acids is 1. The Hall–Kier alpha value is -2.01. The Labute approximate surface area is 132 Å². The lowest BCUT2D eigenvalue weighted by Crippen LogP contribution is -2.30. The molecule has 5 heteroatoms. The molecule has 1 unspecified atom stereocenters. The minimum Gasteiger partial charge on any atom is -0.497 e. The van der Waals surface area contributed by atoms with Crippen LogP contribution in [0.2, 0.25) is 0 Å². The number of rotatable bonds is 5. The van der Waals surface area contributed by atoms with Gasteiger partial charge in [0.15, 0.2) is 6.10 Å². The molecule has 2 aromatic carbocycles. The molecule has 2 rings (SSSR count). The fraction of sp³-hybridized carbons (Fsp3) is 0.188. The number of halogens is 1. The smallest absolute Gasteiger partial charge is 0.265 e. The van der Waals surface area contributed by atoms with Gasteiger partial charge in [-0.25, -0.2) is 0 Å². The van der Waals surface area contributed by atoms with Gasteiger partial charge in [0.1, 0.15) is 11.5 Å². The second-order valence-electron chi connectivity index (χ2n) is 4.44. The van der Waals surface area contributed by atoms with Crippen LogP contribution in [-0.4, -0.2) is 19.1 Å². The molecule has 2 aromatic rings. The molecule has 1 atom stereocenters. The van der Waals surface area contributed by atoms with Gasteiger partial charge < -0.3 is 14.8 Å². The third-order valence-electron chi connectivity index (χ3n) is 2.82. The molecular formula is C16H16BrNO3. The van der Waals surface area contributed by atoms with Crippen molar-refractivity contribution < 1.29 is 14.3 Å². The van der Waals surface area contributed by atoms with E-state index in [0.717, 1.165) is 10.2 Å². The Balaban J connectivity index is 1.99. The van der Waals surface area contributed by atoms with Gasteiger partial charge >= 0.3 is 0 Å². The van der Waals surface area contributed by atoms with Crippen molar-refractivity contribution in [3.05, 3.63) is 53.0 Å². The highest BCUT2D eigenvalue weighted by Crippen LogP contribution is 2.21. The third-order valence-corrected chi connectivity index (χ3v) is 3.31. The summed E-state index contributed by atoms with van der Waals surface area (Å²) in [7, 11) is 1.59. The minimum absolute atomic E-state index is 0.212. The lowest BCUT2D eigenvalue weighted by molar-refractivity contribution is -0.122. The standard InChI is InChI=1S/C16H16BrNO3/c1-11(21-15-8-4-7-14(10-15)20-2)16(19)18-13-6-3-5-12(17)9-13/h3-11H,1-2H3,(H,18,19). The van der Waals surface area contributed by atoms with Crippen LogP contribution in [0.3, 0.4) is 0 Å². The monoisotopic (exact) mass is 349 g/mol. The molecule has 0 aliphatic carbocycles. The van der Waals surface area contributed by atoms with Crippen molar-refractivity contribution in [2.24, 2.45) is 0 Å². The van der Waals surface area contributed by atoms with E-state index in [2.05, 4.69) is 21.2 Å². The fourth-order valence-electron chi connectivity index (χ4n) is 1.74. The number of benzene rings is 2. The lowest BCUT2D eigenvalue weighted by atomic mass is 10.3. The van der Waals surface area contributed by atoms with Crippen molar-refractivity contribution >= 4 is 27.5 Å². The van der Waals surface area contributed by atoms with Gasteiger partial charge in [-0.1, -0.05) is 28.1 Å². The summed E-state index contributed by atoms with van der Waals surface area (Å²) in [5.41, 5.74) is 0.718. The molecule has 0 radical (unpaired) electrons. The van der Waals surface area contributed by atoms with E-state index in [4.69, 9.17) is 9.47 Å². The highest BCUT2D eigenvalue weighted by Gasteiger charge is 2.15. The highest BCUT2D eigenvalue weighted by atomic mass is 79.9. The number of hydrogen-bond donors (Lipinski definition) is 1. The second kappa shape index (κ2) is 7.13. The minimum atomic E-state index is -0.615. The van der Waals surface area contributed by atoms with Crippen molar-refractivity contribution in [1.82, 2.24) is 0 Å². The Morgan fingerprint density at radius 2 is 1.86 bits per heavy atom. The van der Waals surface area contributed by atoms with Crippen LogP contribution in [-0.2, 0) is 4.79 Å². The van der Waals surface area contributed by atoms with Gasteiger partial charge in [0.05, 0.1) is 7.11 Å². The van der Waals surface area contributed by atoms with E-state index in [9.17, 15) is 4.79 Å². The maximum absolute atomic E-state index is 12.1. The summed E-state index contributed by atoms with van der Waals surface area (Å²) in [6.07, 6.45) is -0.615. The molecule has 0 saturated carbocycles. The Morgan fingerprint density at radius 3 is 2.57 bits per heavy atom. The molecule has 0 aliphatic rings. The average molecular weight is 350 g/mol. The maximum atomic E-state index is 12.1. The zero-order valence-electron chi connectivity index (χ0n) is 11.8. The van der Waals surface area contributed by atoms with Crippen LogP contribution in [0.5, 0.6) is 11.5 Å². The van der Waals surface area contributed by atoms with Gasteiger partial charge in [-0.15, -0.1) is 0 Å². The summed E-state index contributed by atoms with van der Waals surface area (Å²) >= 11 is 3.36. The Bertz CT molecular complexity index is 630. The van der Waals surface area contributed by atoms with Crippen LogP contribution >= 0.6 is 15.9 Å². The van der Waals surface area contributed by atoms with Gasteiger partial charge in [0.25, 0.3) is 5.91 Å². The van der Waals surface area contributed by atoms with Gasteiger partial charge in [-0.2, -0.15) is 0 Å². The lowest BCUT2D eigenvalue weighted by Gasteiger charge is -2.15. The number of methoxy groups -OCH3 is 1. The van der Waals surface area contributed by atoms with Gasteiger partial charge in [0.2, 0.25) is 0 Å². The van der Waals surface area contributed by atoms with E-state index in [-0.39, 0.29) is 5.91 Å². The third kappa shape index (κ3) is 4.49. The summed E-state index contributed by atoms with van der Waals surface area (Å²) in [6, 6.07) is 14.6. The van der Waals surface area contributed by atoms with Gasteiger partial charge in [0, 0.05) is 16.2 Å². The molecule has 0 saturated heterocycles. The number of anilines is 1. The van der Waals surface area contributed by atoms with Gasteiger partial charge in [-0.3, -0.25) is 4.79 Å². The average Bonchev–Trinajstić information content (AvgIpc) is 2.47. The first-order chi connectivity index (χ1) is 10.1. The predicted octanol–water partition coefficient (Wildman–Crippen LogP) is 3.86. The molecule has 0 aromatic heterocycles. The topological polar surface area (TPSA) is 47.6 Å². The normalized spacial score (nSPS) is 11.6. The summed E-state index contributed by atoms with van der Waals surface area (Å²) in [5, 5.41) is 2.81. The van der Waals surface area contributed by atoms with E-state index in [0.29, 0.717) is 11.5 Å². The number of carbonyl (C=O) groups is 1. The largest absolute Gasteiger partial charge is 0.497 e. The first kappa shape index (κ1) is 15.4. The van der Waals surface area contributed by atoms with Crippen molar-refractivity contribution in [3.8, 4) is 11.5 Å². The number of nitrogens with one attached hydrogen (secondary N) is 1. The first-order valence-corrected chi connectivity index (χ1v) is 7.25. The SMILES string of the molecule is COc1cccc(OC(C)C(=O)Nc2cccc(Br)c2)c1. The van der Waals surface area contributed by atoms with Crippen molar-refractivity contribution in [3.63, 3.8) is 0 Å². The molecule has 1 amide bonds. The van der Waals surface area contributed by atoms with Crippen LogP contribution in [0, 0.1) is 0 Å². The Kier molecular flexibility index (Phi) is 5.22.